The molecule has 0 aliphatic rings. The number of benzene rings is 2. The molecule has 0 amide bonds. The molecular weight excluding hydrogens is 308 g/mol. The van der Waals surface area contributed by atoms with Gasteiger partial charge in [-0.15, -0.1) is 0 Å². The van der Waals surface area contributed by atoms with E-state index in [2.05, 4.69) is 26.6 Å². The average molecular weight is 321 g/mol. The van der Waals surface area contributed by atoms with E-state index in [1.165, 1.54) is 0 Å². The van der Waals surface area contributed by atoms with Gasteiger partial charge >= 0.3 is 0 Å². The topological polar surface area (TPSA) is 53.6 Å². The van der Waals surface area contributed by atoms with E-state index in [0.29, 0.717) is 0 Å². The zero-order valence-electron chi connectivity index (χ0n) is 12.1. The smallest absolute Gasteiger partial charge is 0.181 e. The van der Waals surface area contributed by atoms with Crippen molar-refractivity contribution in [2.75, 3.05) is 5.32 Å². The monoisotopic (exact) mass is 320 g/mol. The fourth-order valence-corrected chi connectivity index (χ4v) is 2.65. The number of aromatic nitrogens is 3. The summed E-state index contributed by atoms with van der Waals surface area (Å²) in [5, 5.41) is 12.4. The molecule has 112 valence electrons. The summed E-state index contributed by atoms with van der Waals surface area (Å²) in [6.45, 7) is 0. The summed E-state index contributed by atoms with van der Waals surface area (Å²) in [6, 6.07) is 19.7. The molecule has 5 heteroatoms. The van der Waals surface area contributed by atoms with Crippen LogP contribution in [0.1, 0.15) is 0 Å². The van der Waals surface area contributed by atoms with Gasteiger partial charge in [0.05, 0.1) is 5.69 Å². The van der Waals surface area contributed by atoms with Crippen molar-refractivity contribution >= 4 is 34.0 Å². The summed E-state index contributed by atoms with van der Waals surface area (Å²) in [5.74, 6) is 0. The van der Waals surface area contributed by atoms with Crippen LogP contribution in [0.2, 0.25) is 5.02 Å². The maximum atomic E-state index is 5.92. The molecule has 2 aromatic carbocycles. The van der Waals surface area contributed by atoms with Crippen LogP contribution in [0.5, 0.6) is 0 Å². The zero-order chi connectivity index (χ0) is 15.6. The summed E-state index contributed by atoms with van der Waals surface area (Å²) in [5.41, 5.74) is 4.73. The Bertz CT molecular complexity index is 960. The van der Waals surface area contributed by atoms with Crippen LogP contribution < -0.4 is 5.32 Å². The molecule has 0 saturated carbocycles. The van der Waals surface area contributed by atoms with E-state index < -0.39 is 0 Å². The van der Waals surface area contributed by atoms with Gasteiger partial charge in [0.15, 0.2) is 5.65 Å². The molecule has 0 spiro atoms. The summed E-state index contributed by atoms with van der Waals surface area (Å²) in [6.07, 6.45) is 1.74. The molecule has 4 aromatic rings. The molecule has 0 aliphatic carbocycles. The third-order valence-corrected chi connectivity index (χ3v) is 3.87. The first-order valence-corrected chi connectivity index (χ1v) is 7.59. The Morgan fingerprint density at radius 3 is 2.65 bits per heavy atom. The van der Waals surface area contributed by atoms with Crippen molar-refractivity contribution in [1.82, 2.24) is 15.2 Å². The van der Waals surface area contributed by atoms with E-state index in [1.807, 2.05) is 54.6 Å². The van der Waals surface area contributed by atoms with Gasteiger partial charge < -0.3 is 5.32 Å². The van der Waals surface area contributed by atoms with E-state index >= 15 is 0 Å². The molecule has 2 heterocycles. The van der Waals surface area contributed by atoms with E-state index in [4.69, 9.17) is 11.6 Å². The first-order valence-electron chi connectivity index (χ1n) is 7.22. The summed E-state index contributed by atoms with van der Waals surface area (Å²) < 4.78 is 0. The van der Waals surface area contributed by atoms with Gasteiger partial charge in [-0.2, -0.15) is 5.10 Å². The highest BCUT2D eigenvalue weighted by molar-refractivity contribution is 6.30. The van der Waals surface area contributed by atoms with Crippen molar-refractivity contribution in [2.45, 2.75) is 0 Å². The SMILES string of the molecule is Clc1ccc(Nc2cccc(-c3[nH]nc4ncccc34)c2)cc1. The Balaban J connectivity index is 1.70. The van der Waals surface area contributed by atoms with E-state index in [9.17, 15) is 0 Å². The van der Waals surface area contributed by atoms with Crippen LogP contribution in [0.4, 0.5) is 11.4 Å². The summed E-state index contributed by atoms with van der Waals surface area (Å²) in [4.78, 5) is 4.26. The van der Waals surface area contributed by atoms with Gasteiger partial charge in [-0.1, -0.05) is 23.7 Å². The molecular formula is C18H13ClN4. The number of H-pyrrole nitrogens is 1. The number of aromatic amines is 1. The predicted octanol–water partition coefficient (Wildman–Crippen LogP) is 5.02. The lowest BCUT2D eigenvalue weighted by atomic mass is 10.1. The molecule has 0 saturated heterocycles. The van der Waals surface area contributed by atoms with Crippen molar-refractivity contribution in [2.24, 2.45) is 0 Å². The predicted molar refractivity (Wildman–Crippen MR) is 94.1 cm³/mol. The molecule has 0 radical (unpaired) electrons. The van der Waals surface area contributed by atoms with Crippen LogP contribution in [0.3, 0.4) is 0 Å². The van der Waals surface area contributed by atoms with Crippen molar-refractivity contribution < 1.29 is 0 Å². The van der Waals surface area contributed by atoms with Gasteiger partial charge in [-0.25, -0.2) is 4.98 Å². The molecule has 0 atom stereocenters. The molecule has 0 unspecified atom stereocenters. The normalized spacial score (nSPS) is 10.8. The first-order chi connectivity index (χ1) is 11.3. The molecule has 2 N–H and O–H groups in total. The standard InChI is InChI=1S/C18H13ClN4/c19-13-6-8-14(9-7-13)21-15-4-1-3-12(11-15)17-16-5-2-10-20-18(16)23-22-17/h1-11,21H,(H,20,22,23). The molecule has 23 heavy (non-hydrogen) atoms. The van der Waals surface area contributed by atoms with Gasteiger partial charge in [-0.05, 0) is 48.5 Å². The van der Waals surface area contributed by atoms with Crippen molar-refractivity contribution in [1.29, 1.82) is 0 Å². The number of pyridine rings is 1. The Morgan fingerprint density at radius 2 is 1.78 bits per heavy atom. The van der Waals surface area contributed by atoms with Crippen molar-refractivity contribution in [3.05, 3.63) is 71.9 Å². The van der Waals surface area contributed by atoms with Gasteiger partial charge in [0.2, 0.25) is 0 Å². The third-order valence-electron chi connectivity index (χ3n) is 3.61. The number of anilines is 2. The molecule has 2 aromatic heterocycles. The summed E-state index contributed by atoms with van der Waals surface area (Å²) >= 11 is 5.92. The van der Waals surface area contributed by atoms with Crippen LogP contribution >= 0.6 is 11.6 Å². The Hall–Kier alpha value is -2.85. The van der Waals surface area contributed by atoms with Crippen LogP contribution in [0, 0.1) is 0 Å². The molecule has 0 aliphatic heterocycles. The lowest BCUT2D eigenvalue weighted by molar-refractivity contribution is 1.10. The Labute approximate surface area is 138 Å². The number of hydrogen-bond donors (Lipinski definition) is 2. The lowest BCUT2D eigenvalue weighted by Gasteiger charge is -2.08. The van der Waals surface area contributed by atoms with Crippen LogP contribution in [0.25, 0.3) is 22.3 Å². The molecule has 4 nitrogen and oxygen atoms in total. The van der Waals surface area contributed by atoms with Gasteiger partial charge in [0.1, 0.15) is 0 Å². The van der Waals surface area contributed by atoms with Gasteiger partial charge in [-0.3, -0.25) is 5.10 Å². The molecule has 0 bridgehead atoms. The molecule has 0 fully saturated rings. The quantitative estimate of drug-likeness (QED) is 0.557. The van der Waals surface area contributed by atoms with E-state index in [1.54, 1.807) is 6.20 Å². The number of halogens is 1. The first kappa shape index (κ1) is 13.8. The number of nitrogens with zero attached hydrogens (tertiary/aromatic N) is 2. The minimum atomic E-state index is 0.721. The number of fused-ring (bicyclic) bond motifs is 1. The third kappa shape index (κ3) is 2.76. The Morgan fingerprint density at radius 1 is 0.913 bits per heavy atom. The van der Waals surface area contributed by atoms with Crippen LogP contribution in [0.15, 0.2) is 66.9 Å². The molecule has 4 rings (SSSR count). The van der Waals surface area contributed by atoms with Gasteiger partial charge in [0, 0.05) is 33.5 Å². The van der Waals surface area contributed by atoms with Gasteiger partial charge in [0.25, 0.3) is 0 Å². The van der Waals surface area contributed by atoms with Crippen LogP contribution in [-0.4, -0.2) is 15.2 Å². The maximum Gasteiger partial charge on any atom is 0.181 e. The van der Waals surface area contributed by atoms with Crippen molar-refractivity contribution in [3.63, 3.8) is 0 Å². The highest BCUT2D eigenvalue weighted by Crippen LogP contribution is 2.28. The van der Waals surface area contributed by atoms with E-state index in [-0.39, 0.29) is 0 Å². The average Bonchev–Trinajstić information content (AvgIpc) is 3.01. The van der Waals surface area contributed by atoms with Crippen LogP contribution in [-0.2, 0) is 0 Å². The highest BCUT2D eigenvalue weighted by Gasteiger charge is 2.08. The largest absolute Gasteiger partial charge is 0.356 e. The number of nitrogens with one attached hydrogen (secondary N) is 2. The number of hydrogen-bond acceptors (Lipinski definition) is 3. The second-order valence-electron chi connectivity index (χ2n) is 5.19. The fourth-order valence-electron chi connectivity index (χ4n) is 2.52. The van der Waals surface area contributed by atoms with Crippen molar-refractivity contribution in [3.8, 4) is 11.3 Å². The highest BCUT2D eigenvalue weighted by atomic mass is 35.5. The Kier molecular flexibility index (Phi) is 3.44. The lowest BCUT2D eigenvalue weighted by Crippen LogP contribution is -1.90. The minimum Gasteiger partial charge on any atom is -0.356 e. The minimum absolute atomic E-state index is 0.721. The maximum absolute atomic E-state index is 5.92. The fraction of sp³-hybridized carbons (Fsp3) is 0. The summed E-state index contributed by atoms with van der Waals surface area (Å²) in [7, 11) is 0. The zero-order valence-corrected chi connectivity index (χ0v) is 12.9. The number of rotatable bonds is 3. The second-order valence-corrected chi connectivity index (χ2v) is 5.62. The van der Waals surface area contributed by atoms with E-state index in [0.717, 1.165) is 38.7 Å². The second kappa shape index (κ2) is 5.74.